The molecule has 6 nitrogen and oxygen atoms in total. The zero-order valence-electron chi connectivity index (χ0n) is 18.0. The highest BCUT2D eigenvalue weighted by Crippen LogP contribution is 2.31. The molecule has 1 atom stereocenters. The highest BCUT2D eigenvalue weighted by molar-refractivity contribution is 6.08. The van der Waals surface area contributed by atoms with Gasteiger partial charge in [0.05, 0.1) is 0 Å². The van der Waals surface area contributed by atoms with Crippen LogP contribution in [-0.4, -0.2) is 22.9 Å². The normalized spacial score (nSPS) is 19.0. The Hall–Kier alpha value is -3.15. The fraction of sp³-hybridized carbons (Fsp3) is 0.375. The Morgan fingerprint density at radius 2 is 1.67 bits per heavy atom. The fourth-order valence-electron chi connectivity index (χ4n) is 3.65. The minimum Gasteiger partial charge on any atom is -0.318 e. The molecule has 0 saturated carbocycles. The summed E-state index contributed by atoms with van der Waals surface area (Å²) in [5.41, 5.74) is 4.35. The van der Waals surface area contributed by atoms with E-state index in [1.807, 2.05) is 37.3 Å². The number of aryl methyl sites for hydroxylation is 1. The zero-order valence-corrected chi connectivity index (χ0v) is 18.0. The van der Waals surface area contributed by atoms with Crippen LogP contribution in [0.3, 0.4) is 0 Å². The number of imide groups is 1. The average molecular weight is 408 g/mol. The van der Waals surface area contributed by atoms with Gasteiger partial charge in [-0.3, -0.25) is 15.0 Å². The number of hydrogen-bond acceptors (Lipinski definition) is 3. The molecule has 1 saturated heterocycles. The van der Waals surface area contributed by atoms with Gasteiger partial charge in [0.15, 0.2) is 0 Å². The Bertz CT molecular complexity index is 932. The van der Waals surface area contributed by atoms with Gasteiger partial charge in [0.1, 0.15) is 5.54 Å². The second-order valence-corrected chi connectivity index (χ2v) is 8.68. The molecule has 1 fully saturated rings. The van der Waals surface area contributed by atoms with Gasteiger partial charge < -0.3 is 5.32 Å². The van der Waals surface area contributed by atoms with Gasteiger partial charge in [0, 0.05) is 6.42 Å². The first-order valence-electron chi connectivity index (χ1n) is 10.3. The lowest BCUT2D eigenvalue weighted by atomic mass is 9.86. The molecule has 1 heterocycles. The molecule has 2 aromatic rings. The summed E-state index contributed by atoms with van der Waals surface area (Å²) in [5, 5.41) is 3.56. The molecular formula is C24H29N3O3. The van der Waals surface area contributed by atoms with Crippen LogP contribution < -0.4 is 10.7 Å². The van der Waals surface area contributed by atoms with Gasteiger partial charge in [-0.2, -0.15) is 5.01 Å². The van der Waals surface area contributed by atoms with Gasteiger partial charge in [0.2, 0.25) is 5.91 Å². The number of urea groups is 1. The van der Waals surface area contributed by atoms with Crippen molar-refractivity contribution in [2.45, 2.75) is 57.9 Å². The quantitative estimate of drug-likeness (QED) is 0.715. The predicted octanol–water partition coefficient (Wildman–Crippen LogP) is 3.81. The minimum atomic E-state index is -1.16. The van der Waals surface area contributed by atoms with E-state index in [0.717, 1.165) is 10.6 Å². The molecule has 158 valence electrons. The van der Waals surface area contributed by atoms with Gasteiger partial charge in [-0.15, -0.1) is 0 Å². The minimum absolute atomic E-state index is 0.0733. The first-order valence-corrected chi connectivity index (χ1v) is 10.3. The highest BCUT2D eigenvalue weighted by atomic mass is 16.2. The van der Waals surface area contributed by atoms with E-state index in [4.69, 9.17) is 0 Å². The molecule has 0 unspecified atom stereocenters. The van der Waals surface area contributed by atoms with Crippen LogP contribution in [0.1, 0.15) is 57.2 Å². The molecule has 4 amide bonds. The lowest BCUT2D eigenvalue weighted by Gasteiger charge is -2.25. The topological polar surface area (TPSA) is 78.5 Å². The van der Waals surface area contributed by atoms with Gasteiger partial charge >= 0.3 is 6.03 Å². The van der Waals surface area contributed by atoms with Crippen LogP contribution >= 0.6 is 0 Å². The van der Waals surface area contributed by atoms with Crippen molar-refractivity contribution in [1.29, 1.82) is 0 Å². The summed E-state index contributed by atoms with van der Waals surface area (Å²) >= 11 is 0. The van der Waals surface area contributed by atoms with E-state index in [1.165, 1.54) is 5.56 Å². The van der Waals surface area contributed by atoms with Crippen molar-refractivity contribution in [3.8, 4) is 0 Å². The van der Waals surface area contributed by atoms with Gasteiger partial charge in [0.25, 0.3) is 5.91 Å². The summed E-state index contributed by atoms with van der Waals surface area (Å²) in [6, 6.07) is 16.6. The summed E-state index contributed by atoms with van der Waals surface area (Å²) < 4.78 is 0. The molecular weight excluding hydrogens is 378 g/mol. The van der Waals surface area contributed by atoms with Crippen molar-refractivity contribution < 1.29 is 14.4 Å². The third-order valence-corrected chi connectivity index (χ3v) is 5.59. The molecule has 6 heteroatoms. The van der Waals surface area contributed by atoms with Crippen LogP contribution in [0.2, 0.25) is 0 Å². The van der Waals surface area contributed by atoms with E-state index in [2.05, 4.69) is 43.6 Å². The van der Waals surface area contributed by atoms with Crippen molar-refractivity contribution >= 4 is 17.8 Å². The van der Waals surface area contributed by atoms with Gasteiger partial charge in [-0.25, -0.2) is 4.79 Å². The monoisotopic (exact) mass is 407 g/mol. The smallest absolute Gasteiger partial charge is 0.318 e. The largest absolute Gasteiger partial charge is 0.344 e. The van der Waals surface area contributed by atoms with Crippen molar-refractivity contribution in [2.75, 3.05) is 0 Å². The summed E-state index contributed by atoms with van der Waals surface area (Å²) in [4.78, 5) is 37.9. The summed E-state index contributed by atoms with van der Waals surface area (Å²) in [5.74, 6) is -0.845. The van der Waals surface area contributed by atoms with E-state index in [-0.39, 0.29) is 17.7 Å². The molecule has 2 aromatic carbocycles. The standard InChI is InChI=1S/C24H29N3O3/c1-5-24(19-9-7-6-8-10-19)21(29)27(22(30)25-24)26-20(28)16-13-17-11-14-18(15-12-17)23(2,3)4/h6-12,14-15H,5,13,16H2,1-4H3,(H,25,30)(H,26,28)/t24-/m0/s1. The Morgan fingerprint density at radius 1 is 1.03 bits per heavy atom. The summed E-state index contributed by atoms with van der Waals surface area (Å²) in [7, 11) is 0. The maximum absolute atomic E-state index is 13.0. The van der Waals surface area contributed by atoms with E-state index in [0.29, 0.717) is 18.4 Å². The van der Waals surface area contributed by atoms with Crippen LogP contribution in [0, 0.1) is 0 Å². The lowest BCUT2D eigenvalue weighted by Crippen LogP contribution is -2.48. The second-order valence-electron chi connectivity index (χ2n) is 8.68. The molecule has 0 aliphatic carbocycles. The molecule has 30 heavy (non-hydrogen) atoms. The second kappa shape index (κ2) is 8.30. The van der Waals surface area contributed by atoms with Crippen LogP contribution in [0.25, 0.3) is 0 Å². The molecule has 3 rings (SSSR count). The fourth-order valence-corrected chi connectivity index (χ4v) is 3.65. The number of nitrogens with one attached hydrogen (secondary N) is 2. The Labute approximate surface area is 177 Å². The lowest BCUT2D eigenvalue weighted by molar-refractivity contribution is -0.139. The maximum atomic E-state index is 13.0. The molecule has 0 radical (unpaired) electrons. The molecule has 0 aromatic heterocycles. The third-order valence-electron chi connectivity index (χ3n) is 5.59. The van der Waals surface area contributed by atoms with Gasteiger partial charge in [-0.05, 0) is 34.9 Å². The van der Waals surface area contributed by atoms with E-state index in [1.54, 1.807) is 12.1 Å². The van der Waals surface area contributed by atoms with Crippen molar-refractivity contribution in [2.24, 2.45) is 0 Å². The third kappa shape index (κ3) is 4.22. The first kappa shape index (κ1) is 21.6. The Balaban J connectivity index is 1.64. The molecule has 0 spiro atoms. The van der Waals surface area contributed by atoms with E-state index >= 15 is 0 Å². The van der Waals surface area contributed by atoms with Gasteiger partial charge in [-0.1, -0.05) is 82.3 Å². The molecule has 0 bridgehead atoms. The SMILES string of the molecule is CC[C@@]1(c2ccccc2)NC(=O)N(NC(=O)CCc2ccc(C(C)(C)C)cc2)C1=O. The predicted molar refractivity (Wildman–Crippen MR) is 115 cm³/mol. The molecule has 1 aliphatic heterocycles. The van der Waals surface area contributed by atoms with Crippen molar-refractivity contribution in [3.05, 3.63) is 71.3 Å². The van der Waals surface area contributed by atoms with Crippen molar-refractivity contribution in [1.82, 2.24) is 15.8 Å². The number of benzene rings is 2. The molecule has 1 aliphatic rings. The number of carbonyl (C=O) groups excluding carboxylic acids is 3. The average Bonchev–Trinajstić information content (AvgIpc) is 2.97. The van der Waals surface area contributed by atoms with E-state index in [9.17, 15) is 14.4 Å². The number of hydrogen-bond donors (Lipinski definition) is 2. The molecule has 2 N–H and O–H groups in total. The van der Waals surface area contributed by atoms with Crippen LogP contribution in [0.5, 0.6) is 0 Å². The summed E-state index contributed by atoms with van der Waals surface area (Å²) in [6.07, 6.45) is 1.09. The number of rotatable bonds is 6. The van der Waals surface area contributed by atoms with Crippen LogP contribution in [0.4, 0.5) is 4.79 Å². The van der Waals surface area contributed by atoms with Crippen molar-refractivity contribution in [3.63, 3.8) is 0 Å². The Kier molecular flexibility index (Phi) is 5.97. The van der Waals surface area contributed by atoms with E-state index < -0.39 is 17.5 Å². The number of carbonyl (C=O) groups is 3. The Morgan fingerprint density at radius 3 is 2.23 bits per heavy atom. The number of amides is 4. The van der Waals surface area contributed by atoms with Crippen LogP contribution in [0.15, 0.2) is 54.6 Å². The first-order chi connectivity index (χ1) is 14.2. The summed E-state index contributed by atoms with van der Waals surface area (Å²) in [6.45, 7) is 8.29. The highest BCUT2D eigenvalue weighted by Gasteiger charge is 2.52. The maximum Gasteiger partial charge on any atom is 0.344 e. The van der Waals surface area contributed by atoms with Crippen LogP contribution in [-0.2, 0) is 27.0 Å². The number of nitrogens with zero attached hydrogens (tertiary/aromatic N) is 1. The number of hydrazine groups is 1. The zero-order chi connectivity index (χ0) is 21.9.